The molecular weight excluding hydrogens is 257 g/mol. The van der Waals surface area contributed by atoms with Crippen molar-refractivity contribution in [2.45, 2.75) is 0 Å². The number of benzene rings is 2. The maximum atomic E-state index is 13.4. The van der Waals surface area contributed by atoms with Crippen molar-refractivity contribution in [2.24, 2.45) is 0 Å². The lowest BCUT2D eigenvalue weighted by Gasteiger charge is -2.18. The van der Waals surface area contributed by atoms with Gasteiger partial charge in [0.25, 0.3) is 5.91 Å². The van der Waals surface area contributed by atoms with Gasteiger partial charge in [0.2, 0.25) is 0 Å². The summed E-state index contributed by atoms with van der Waals surface area (Å²) in [6.07, 6.45) is 0. The van der Waals surface area contributed by atoms with Gasteiger partial charge >= 0.3 is 0 Å². The quantitative estimate of drug-likeness (QED) is 0.852. The lowest BCUT2D eigenvalue weighted by Crippen LogP contribution is -2.27. The summed E-state index contributed by atoms with van der Waals surface area (Å²) in [7, 11) is 1.53. The third kappa shape index (κ3) is 2.45. The van der Waals surface area contributed by atoms with E-state index in [2.05, 4.69) is 0 Å². The number of nitrogen functional groups attached to an aromatic ring is 1. The molecule has 0 atom stereocenters. The van der Waals surface area contributed by atoms with Crippen LogP contribution in [0, 0.1) is 17.1 Å². The number of halogens is 1. The summed E-state index contributed by atoms with van der Waals surface area (Å²) in [6.45, 7) is 0. The summed E-state index contributed by atoms with van der Waals surface area (Å²) in [5, 5.41) is 9.04. The normalized spacial score (nSPS) is 9.85. The Labute approximate surface area is 115 Å². The number of para-hydroxylation sites is 1. The van der Waals surface area contributed by atoms with Crippen molar-refractivity contribution in [1.82, 2.24) is 0 Å². The fraction of sp³-hybridized carbons (Fsp3) is 0.0667. The first kappa shape index (κ1) is 13.6. The van der Waals surface area contributed by atoms with Crippen molar-refractivity contribution in [3.8, 4) is 6.07 Å². The molecule has 0 aliphatic rings. The zero-order valence-electron chi connectivity index (χ0n) is 10.8. The molecule has 1 amide bonds. The van der Waals surface area contributed by atoms with Crippen LogP contribution in [-0.2, 0) is 0 Å². The molecule has 0 aliphatic heterocycles. The van der Waals surface area contributed by atoms with Crippen molar-refractivity contribution in [3.05, 3.63) is 59.4 Å². The van der Waals surface area contributed by atoms with Crippen molar-refractivity contribution >= 4 is 17.3 Å². The highest BCUT2D eigenvalue weighted by molar-refractivity contribution is 6.06. The van der Waals surface area contributed by atoms with Crippen LogP contribution < -0.4 is 10.6 Å². The molecule has 0 unspecified atom stereocenters. The van der Waals surface area contributed by atoms with Crippen molar-refractivity contribution < 1.29 is 9.18 Å². The molecule has 0 bridgehead atoms. The molecular formula is C15H12FN3O. The SMILES string of the molecule is CN(C(=O)c1ccc(N)c(F)c1)c1ccccc1C#N. The highest BCUT2D eigenvalue weighted by atomic mass is 19.1. The summed E-state index contributed by atoms with van der Waals surface area (Å²) < 4.78 is 13.4. The fourth-order valence-corrected chi connectivity index (χ4v) is 1.82. The number of carbonyl (C=O) groups excluding carboxylic acids is 1. The monoisotopic (exact) mass is 269 g/mol. The number of nitriles is 1. The minimum absolute atomic E-state index is 0.0124. The number of rotatable bonds is 2. The average molecular weight is 269 g/mol. The van der Waals surface area contributed by atoms with Gasteiger partial charge in [-0.05, 0) is 30.3 Å². The topological polar surface area (TPSA) is 70.1 Å². The number of anilines is 2. The number of nitrogens with zero attached hydrogens (tertiary/aromatic N) is 2. The first-order chi connectivity index (χ1) is 9.54. The predicted molar refractivity (Wildman–Crippen MR) is 74.7 cm³/mol. The van der Waals surface area contributed by atoms with E-state index in [0.29, 0.717) is 11.3 Å². The number of hydrogen-bond acceptors (Lipinski definition) is 3. The van der Waals surface area contributed by atoms with Gasteiger partial charge < -0.3 is 10.6 Å². The standard InChI is InChI=1S/C15H12FN3O/c1-19(14-5-3-2-4-11(14)9-17)15(20)10-6-7-13(18)12(16)8-10/h2-8H,18H2,1H3. The zero-order chi connectivity index (χ0) is 14.7. The van der Waals surface area contributed by atoms with E-state index >= 15 is 0 Å². The molecule has 0 fully saturated rings. The molecule has 0 saturated heterocycles. The van der Waals surface area contributed by atoms with Crippen LogP contribution >= 0.6 is 0 Å². The van der Waals surface area contributed by atoms with Gasteiger partial charge in [-0.15, -0.1) is 0 Å². The van der Waals surface area contributed by atoms with E-state index in [1.807, 2.05) is 6.07 Å². The largest absolute Gasteiger partial charge is 0.396 e. The van der Waals surface area contributed by atoms with Crippen LogP contribution in [0.3, 0.4) is 0 Å². The molecule has 4 nitrogen and oxygen atoms in total. The molecule has 0 radical (unpaired) electrons. The Hall–Kier alpha value is -2.87. The maximum Gasteiger partial charge on any atom is 0.258 e. The molecule has 5 heteroatoms. The summed E-state index contributed by atoms with van der Waals surface area (Å²) in [5.74, 6) is -1.05. The van der Waals surface area contributed by atoms with Crippen molar-refractivity contribution in [3.63, 3.8) is 0 Å². The Kier molecular flexibility index (Phi) is 3.67. The zero-order valence-corrected chi connectivity index (χ0v) is 10.8. The number of carbonyl (C=O) groups is 1. The minimum Gasteiger partial charge on any atom is -0.396 e. The van der Waals surface area contributed by atoms with Gasteiger partial charge in [-0.2, -0.15) is 5.26 Å². The van der Waals surface area contributed by atoms with E-state index in [1.165, 1.54) is 24.1 Å². The van der Waals surface area contributed by atoms with Gasteiger partial charge in [-0.25, -0.2) is 4.39 Å². The molecule has 2 aromatic carbocycles. The Bertz CT molecular complexity index is 707. The molecule has 0 heterocycles. The molecule has 2 rings (SSSR count). The summed E-state index contributed by atoms with van der Waals surface area (Å²) >= 11 is 0. The van der Waals surface area contributed by atoms with Gasteiger partial charge in [-0.3, -0.25) is 4.79 Å². The second-order valence-electron chi connectivity index (χ2n) is 4.23. The fourth-order valence-electron chi connectivity index (χ4n) is 1.82. The smallest absolute Gasteiger partial charge is 0.258 e. The van der Waals surface area contributed by atoms with Crippen LogP contribution in [0.1, 0.15) is 15.9 Å². The summed E-state index contributed by atoms with van der Waals surface area (Å²) in [5.41, 5.74) is 6.38. The lowest BCUT2D eigenvalue weighted by molar-refractivity contribution is 0.0992. The van der Waals surface area contributed by atoms with E-state index in [9.17, 15) is 9.18 Å². The maximum absolute atomic E-state index is 13.4. The third-order valence-corrected chi connectivity index (χ3v) is 2.94. The van der Waals surface area contributed by atoms with E-state index in [4.69, 9.17) is 11.0 Å². The average Bonchev–Trinajstić information content (AvgIpc) is 2.48. The molecule has 0 aromatic heterocycles. The first-order valence-electron chi connectivity index (χ1n) is 5.87. The molecule has 0 saturated carbocycles. The Morgan fingerprint density at radius 2 is 2.00 bits per heavy atom. The number of amides is 1. The van der Waals surface area contributed by atoms with Gasteiger partial charge in [0.15, 0.2) is 0 Å². The third-order valence-electron chi connectivity index (χ3n) is 2.94. The Morgan fingerprint density at radius 3 is 2.65 bits per heavy atom. The minimum atomic E-state index is -0.641. The molecule has 2 aromatic rings. The van der Waals surface area contributed by atoms with Crippen molar-refractivity contribution in [2.75, 3.05) is 17.7 Å². The second-order valence-corrected chi connectivity index (χ2v) is 4.23. The number of nitrogens with two attached hydrogens (primary N) is 1. The lowest BCUT2D eigenvalue weighted by atomic mass is 10.1. The van der Waals surface area contributed by atoms with E-state index in [1.54, 1.807) is 24.3 Å². The highest BCUT2D eigenvalue weighted by Gasteiger charge is 2.17. The molecule has 0 spiro atoms. The van der Waals surface area contributed by atoms with Gasteiger partial charge in [0, 0.05) is 12.6 Å². The van der Waals surface area contributed by atoms with Crippen LogP contribution in [-0.4, -0.2) is 13.0 Å². The van der Waals surface area contributed by atoms with Gasteiger partial charge in [0.05, 0.1) is 16.9 Å². The molecule has 100 valence electrons. The molecule has 2 N–H and O–H groups in total. The van der Waals surface area contributed by atoms with Crippen LogP contribution in [0.2, 0.25) is 0 Å². The van der Waals surface area contributed by atoms with Crippen LogP contribution in [0.15, 0.2) is 42.5 Å². The van der Waals surface area contributed by atoms with Crippen LogP contribution in [0.5, 0.6) is 0 Å². The second kappa shape index (κ2) is 5.41. The van der Waals surface area contributed by atoms with Gasteiger partial charge in [-0.1, -0.05) is 12.1 Å². The highest BCUT2D eigenvalue weighted by Crippen LogP contribution is 2.21. The number of hydrogen-bond donors (Lipinski definition) is 1. The van der Waals surface area contributed by atoms with Crippen LogP contribution in [0.25, 0.3) is 0 Å². The summed E-state index contributed by atoms with van der Waals surface area (Å²) in [4.78, 5) is 13.6. The first-order valence-corrected chi connectivity index (χ1v) is 5.87. The Morgan fingerprint density at radius 1 is 1.30 bits per heavy atom. The van der Waals surface area contributed by atoms with E-state index in [-0.39, 0.29) is 11.3 Å². The molecule has 20 heavy (non-hydrogen) atoms. The van der Waals surface area contributed by atoms with Crippen molar-refractivity contribution in [1.29, 1.82) is 5.26 Å². The predicted octanol–water partition coefficient (Wildman–Crippen LogP) is 2.56. The van der Waals surface area contributed by atoms with E-state index < -0.39 is 11.7 Å². The van der Waals surface area contributed by atoms with Crippen LogP contribution in [0.4, 0.5) is 15.8 Å². The molecule has 0 aliphatic carbocycles. The summed E-state index contributed by atoms with van der Waals surface area (Å²) in [6, 6.07) is 12.6. The van der Waals surface area contributed by atoms with E-state index in [0.717, 1.165) is 6.07 Å². The van der Waals surface area contributed by atoms with Gasteiger partial charge in [0.1, 0.15) is 11.9 Å². The Balaban J connectivity index is 2.38.